The molecule has 7 heteroatoms. The van der Waals surface area contributed by atoms with E-state index in [4.69, 9.17) is 0 Å². The molecule has 2 aromatic heterocycles. The Bertz CT molecular complexity index is 1030. The first-order chi connectivity index (χ1) is 12.2. The largest absolute Gasteiger partial charge is 0.321 e. The molecule has 2 aromatic carbocycles. The Kier molecular flexibility index (Phi) is 3.99. The van der Waals surface area contributed by atoms with E-state index >= 15 is 0 Å². The van der Waals surface area contributed by atoms with Crippen LogP contribution in [0.15, 0.2) is 61.2 Å². The minimum Gasteiger partial charge on any atom is -0.321 e. The molecular formula is C18H13FN4OS. The third kappa shape index (κ3) is 3.27. The fourth-order valence-electron chi connectivity index (χ4n) is 2.52. The summed E-state index contributed by atoms with van der Waals surface area (Å²) in [4.78, 5) is 16.8. The number of amides is 1. The molecule has 0 spiro atoms. The average molecular weight is 352 g/mol. The molecule has 0 radical (unpaired) electrons. The van der Waals surface area contributed by atoms with Crippen LogP contribution in [0.4, 0.5) is 10.1 Å². The lowest BCUT2D eigenvalue weighted by atomic mass is 10.2. The highest BCUT2D eigenvalue weighted by Gasteiger charge is 2.12. The smallest absolute Gasteiger partial charge is 0.265 e. The first-order valence-corrected chi connectivity index (χ1v) is 8.41. The Morgan fingerprint density at radius 1 is 1.20 bits per heavy atom. The predicted molar refractivity (Wildman–Crippen MR) is 95.3 cm³/mol. The monoisotopic (exact) mass is 352 g/mol. The molecule has 0 fully saturated rings. The van der Waals surface area contributed by atoms with E-state index in [-0.39, 0.29) is 11.7 Å². The second kappa shape index (κ2) is 6.45. The maximum atomic E-state index is 13.8. The zero-order valence-electron chi connectivity index (χ0n) is 13.0. The Balaban J connectivity index is 1.49. The standard InChI is InChI=1S/C18H13FN4OS/c19-15-2-1-3-16-14(15)8-17(25-16)18(24)22-13-6-4-12(5-7-13)9-23-11-20-10-21-23/h1-8,10-11H,9H2,(H,22,24). The van der Waals surface area contributed by atoms with Crippen LogP contribution in [0.1, 0.15) is 15.2 Å². The van der Waals surface area contributed by atoms with Crippen molar-refractivity contribution < 1.29 is 9.18 Å². The number of carbonyl (C=O) groups is 1. The first-order valence-electron chi connectivity index (χ1n) is 7.60. The molecule has 1 N–H and O–H groups in total. The van der Waals surface area contributed by atoms with Crippen LogP contribution in [-0.4, -0.2) is 20.7 Å². The molecule has 0 bridgehead atoms. The number of aromatic nitrogens is 3. The van der Waals surface area contributed by atoms with Gasteiger partial charge in [-0.1, -0.05) is 18.2 Å². The Hall–Kier alpha value is -3.06. The molecule has 0 aliphatic carbocycles. The van der Waals surface area contributed by atoms with Crippen LogP contribution in [0.3, 0.4) is 0 Å². The Morgan fingerprint density at radius 3 is 2.76 bits per heavy atom. The van der Waals surface area contributed by atoms with Gasteiger partial charge in [0.15, 0.2) is 0 Å². The summed E-state index contributed by atoms with van der Waals surface area (Å²) in [5.41, 5.74) is 1.73. The van der Waals surface area contributed by atoms with E-state index in [2.05, 4.69) is 15.4 Å². The van der Waals surface area contributed by atoms with Gasteiger partial charge in [0.2, 0.25) is 0 Å². The normalized spacial score (nSPS) is 10.9. The van der Waals surface area contributed by atoms with Crippen molar-refractivity contribution in [3.8, 4) is 0 Å². The van der Waals surface area contributed by atoms with Crippen LogP contribution in [-0.2, 0) is 6.54 Å². The number of carbonyl (C=O) groups excluding carboxylic acids is 1. The van der Waals surface area contributed by atoms with Crippen LogP contribution >= 0.6 is 11.3 Å². The summed E-state index contributed by atoms with van der Waals surface area (Å²) in [6.07, 6.45) is 3.14. The molecule has 0 aliphatic heterocycles. The zero-order valence-corrected chi connectivity index (χ0v) is 13.8. The van der Waals surface area contributed by atoms with Gasteiger partial charge in [0.05, 0.1) is 11.4 Å². The molecule has 0 saturated carbocycles. The van der Waals surface area contributed by atoms with E-state index in [0.717, 1.165) is 10.3 Å². The van der Waals surface area contributed by atoms with Crippen LogP contribution in [0.2, 0.25) is 0 Å². The number of nitrogens with one attached hydrogen (secondary N) is 1. The Labute approximate surface area is 146 Å². The number of benzene rings is 2. The van der Waals surface area contributed by atoms with Crippen molar-refractivity contribution in [1.82, 2.24) is 14.8 Å². The summed E-state index contributed by atoms with van der Waals surface area (Å²) >= 11 is 1.27. The highest BCUT2D eigenvalue weighted by molar-refractivity contribution is 7.20. The minimum absolute atomic E-state index is 0.246. The number of nitrogens with zero attached hydrogens (tertiary/aromatic N) is 3. The van der Waals surface area contributed by atoms with E-state index in [0.29, 0.717) is 22.5 Å². The van der Waals surface area contributed by atoms with Gasteiger partial charge in [0.25, 0.3) is 5.91 Å². The maximum absolute atomic E-state index is 13.8. The van der Waals surface area contributed by atoms with Crippen LogP contribution in [0.5, 0.6) is 0 Å². The SMILES string of the molecule is O=C(Nc1ccc(Cn2cncn2)cc1)c1cc2c(F)cccc2s1. The molecule has 0 unspecified atom stereocenters. The van der Waals surface area contributed by atoms with Crippen molar-refractivity contribution in [2.24, 2.45) is 0 Å². The molecule has 4 rings (SSSR count). The topological polar surface area (TPSA) is 59.8 Å². The van der Waals surface area contributed by atoms with Crippen molar-refractivity contribution in [3.05, 3.63) is 77.4 Å². The fourth-order valence-corrected chi connectivity index (χ4v) is 3.50. The van der Waals surface area contributed by atoms with Gasteiger partial charge in [-0.15, -0.1) is 11.3 Å². The minimum atomic E-state index is -0.315. The summed E-state index contributed by atoms with van der Waals surface area (Å²) < 4.78 is 16.2. The fraction of sp³-hybridized carbons (Fsp3) is 0.0556. The predicted octanol–water partition coefficient (Wildman–Crippen LogP) is 3.93. The van der Waals surface area contributed by atoms with Gasteiger partial charge in [-0.3, -0.25) is 4.79 Å². The lowest BCUT2D eigenvalue weighted by Crippen LogP contribution is -2.10. The summed E-state index contributed by atoms with van der Waals surface area (Å²) in [6.45, 7) is 0.615. The number of rotatable bonds is 4. The summed E-state index contributed by atoms with van der Waals surface area (Å²) in [5.74, 6) is -0.560. The maximum Gasteiger partial charge on any atom is 0.265 e. The molecule has 0 saturated heterocycles. The molecule has 0 aliphatic rings. The van der Waals surface area contributed by atoms with E-state index in [1.165, 1.54) is 23.7 Å². The van der Waals surface area contributed by atoms with Crippen molar-refractivity contribution in [2.45, 2.75) is 6.54 Å². The molecule has 0 atom stereocenters. The Morgan fingerprint density at radius 2 is 2.04 bits per heavy atom. The number of anilines is 1. The zero-order chi connectivity index (χ0) is 17.2. The molecule has 2 heterocycles. The van der Waals surface area contributed by atoms with Gasteiger partial charge in [0.1, 0.15) is 18.5 Å². The van der Waals surface area contributed by atoms with Gasteiger partial charge in [0, 0.05) is 15.8 Å². The summed E-state index contributed by atoms with van der Waals surface area (Å²) in [6, 6.07) is 13.9. The van der Waals surface area contributed by atoms with Gasteiger partial charge in [-0.05, 0) is 35.9 Å². The van der Waals surface area contributed by atoms with Crippen molar-refractivity contribution in [3.63, 3.8) is 0 Å². The molecule has 4 aromatic rings. The number of thiophene rings is 1. The average Bonchev–Trinajstić information content (AvgIpc) is 3.27. The van der Waals surface area contributed by atoms with E-state index in [9.17, 15) is 9.18 Å². The van der Waals surface area contributed by atoms with Gasteiger partial charge in [-0.25, -0.2) is 14.1 Å². The van der Waals surface area contributed by atoms with Crippen molar-refractivity contribution in [2.75, 3.05) is 5.32 Å². The lowest BCUT2D eigenvalue weighted by molar-refractivity contribution is 0.103. The highest BCUT2D eigenvalue weighted by atomic mass is 32.1. The molecule has 124 valence electrons. The van der Waals surface area contributed by atoms with Crippen molar-refractivity contribution in [1.29, 1.82) is 0 Å². The van der Waals surface area contributed by atoms with Crippen molar-refractivity contribution >= 4 is 33.0 Å². The van der Waals surface area contributed by atoms with Gasteiger partial charge < -0.3 is 5.32 Å². The van der Waals surface area contributed by atoms with Crippen LogP contribution in [0, 0.1) is 5.82 Å². The number of hydrogen-bond acceptors (Lipinski definition) is 4. The molecule has 1 amide bonds. The molecule has 25 heavy (non-hydrogen) atoms. The quantitative estimate of drug-likeness (QED) is 0.605. The van der Waals surface area contributed by atoms with E-state index in [1.807, 2.05) is 24.3 Å². The second-order valence-corrected chi connectivity index (χ2v) is 6.59. The third-order valence-electron chi connectivity index (χ3n) is 3.76. The van der Waals surface area contributed by atoms with E-state index < -0.39 is 0 Å². The molecule has 5 nitrogen and oxygen atoms in total. The third-order valence-corrected chi connectivity index (χ3v) is 4.85. The van der Waals surface area contributed by atoms with E-state index in [1.54, 1.807) is 29.2 Å². The van der Waals surface area contributed by atoms with Crippen LogP contribution in [0.25, 0.3) is 10.1 Å². The lowest BCUT2D eigenvalue weighted by Gasteiger charge is -2.05. The van der Waals surface area contributed by atoms with Gasteiger partial charge >= 0.3 is 0 Å². The number of halogens is 1. The number of hydrogen-bond donors (Lipinski definition) is 1. The van der Waals surface area contributed by atoms with Crippen LogP contribution < -0.4 is 5.32 Å². The summed E-state index contributed by atoms with van der Waals surface area (Å²) in [5, 5.41) is 7.37. The summed E-state index contributed by atoms with van der Waals surface area (Å²) in [7, 11) is 0. The van der Waals surface area contributed by atoms with Gasteiger partial charge in [-0.2, -0.15) is 5.10 Å². The number of fused-ring (bicyclic) bond motifs is 1. The highest BCUT2D eigenvalue weighted by Crippen LogP contribution is 2.28. The molecular weight excluding hydrogens is 339 g/mol. The first kappa shape index (κ1) is 15.5. The second-order valence-electron chi connectivity index (χ2n) is 5.51.